The van der Waals surface area contributed by atoms with Crippen LogP contribution in [0, 0.1) is 0 Å². The lowest BCUT2D eigenvalue weighted by Gasteiger charge is -2.40. The second kappa shape index (κ2) is 6.61. The van der Waals surface area contributed by atoms with Gasteiger partial charge in [-0.05, 0) is 16.7 Å². The Hall–Kier alpha value is -2.19. The lowest BCUT2D eigenvalue weighted by atomic mass is 9.71. The second-order valence-corrected chi connectivity index (χ2v) is 8.20. The highest BCUT2D eigenvalue weighted by Gasteiger charge is 2.47. The maximum absolute atomic E-state index is 13.0. The van der Waals surface area contributed by atoms with E-state index in [1.165, 1.54) is 0 Å². The minimum absolute atomic E-state index is 0.103. The van der Waals surface area contributed by atoms with E-state index in [0.717, 1.165) is 16.7 Å². The smallest absolute Gasteiger partial charge is 0.280 e. The zero-order chi connectivity index (χ0) is 17.2. The fourth-order valence-corrected chi connectivity index (χ4v) is 5.15. The predicted molar refractivity (Wildman–Crippen MR) is 98.7 cm³/mol. The molecule has 3 aromatic carbocycles. The van der Waals surface area contributed by atoms with Crippen LogP contribution < -0.4 is 0 Å². The third-order valence-electron chi connectivity index (χ3n) is 4.73. The predicted octanol–water partition coefficient (Wildman–Crippen LogP) is 5.22. The van der Waals surface area contributed by atoms with Crippen LogP contribution in [0.2, 0.25) is 0 Å². The fourth-order valence-electron chi connectivity index (χ4n) is 3.49. The van der Waals surface area contributed by atoms with Crippen LogP contribution in [0.1, 0.15) is 16.7 Å². The van der Waals surface area contributed by atoms with Gasteiger partial charge in [0, 0.05) is 0 Å². The Morgan fingerprint density at radius 3 is 1.32 bits per heavy atom. The lowest BCUT2D eigenvalue weighted by molar-refractivity contribution is 0.00774. The first-order valence-electron chi connectivity index (χ1n) is 8.28. The maximum atomic E-state index is 13.0. The zero-order valence-electron chi connectivity index (χ0n) is 13.7. The summed E-state index contributed by atoms with van der Waals surface area (Å²) >= 11 is 0. The van der Waals surface area contributed by atoms with Crippen molar-refractivity contribution in [3.8, 4) is 0 Å². The molecule has 1 aliphatic heterocycles. The molecule has 1 heterocycles. The van der Waals surface area contributed by atoms with Crippen molar-refractivity contribution in [1.82, 2.24) is 0 Å². The summed E-state index contributed by atoms with van der Waals surface area (Å²) in [7, 11) is -3.11. The van der Waals surface area contributed by atoms with Gasteiger partial charge in [-0.25, -0.2) is 0 Å². The van der Waals surface area contributed by atoms with Crippen LogP contribution in [-0.2, 0) is 19.0 Å². The molecule has 0 N–H and O–H groups in total. The molecular weight excluding hydrogens is 331 g/mol. The van der Waals surface area contributed by atoms with Gasteiger partial charge in [0.2, 0.25) is 0 Å². The monoisotopic (exact) mass is 350 g/mol. The van der Waals surface area contributed by atoms with Gasteiger partial charge in [-0.15, -0.1) is 0 Å². The summed E-state index contributed by atoms with van der Waals surface area (Å²) in [6, 6.07) is 30.5. The molecule has 0 bridgehead atoms. The summed E-state index contributed by atoms with van der Waals surface area (Å²) < 4.78 is 23.7. The molecule has 0 unspecified atom stereocenters. The standard InChI is InChI=1S/C21H19O3P/c22-25(23-17-24-25)16-21(18-10-4-1-5-11-18,19-12-6-2-7-13-19)20-14-8-3-9-15-20/h1-15H,16-17H2. The Bertz CT molecular complexity index is 774. The Balaban J connectivity index is 1.99. The number of benzene rings is 3. The van der Waals surface area contributed by atoms with Gasteiger partial charge in [-0.2, -0.15) is 0 Å². The van der Waals surface area contributed by atoms with Crippen LogP contribution in [0.4, 0.5) is 0 Å². The van der Waals surface area contributed by atoms with Crippen LogP contribution >= 0.6 is 7.60 Å². The Labute approximate surface area is 147 Å². The molecule has 0 radical (unpaired) electrons. The van der Waals surface area contributed by atoms with E-state index in [1.807, 2.05) is 54.6 Å². The molecule has 3 aromatic rings. The van der Waals surface area contributed by atoms with E-state index >= 15 is 0 Å². The number of hydrogen-bond donors (Lipinski definition) is 0. The van der Waals surface area contributed by atoms with E-state index < -0.39 is 13.0 Å². The van der Waals surface area contributed by atoms with Crippen LogP contribution in [0.15, 0.2) is 91.0 Å². The van der Waals surface area contributed by atoms with E-state index in [2.05, 4.69) is 36.4 Å². The highest BCUT2D eigenvalue weighted by Crippen LogP contribution is 2.61. The SMILES string of the molecule is O=P1(CC(c2ccccc2)(c2ccccc2)c2ccccc2)OCO1. The zero-order valence-corrected chi connectivity index (χ0v) is 14.6. The van der Waals surface area contributed by atoms with Gasteiger partial charge in [0.1, 0.15) is 0 Å². The van der Waals surface area contributed by atoms with E-state index in [1.54, 1.807) is 0 Å². The first-order valence-corrected chi connectivity index (χ1v) is 10.0. The molecule has 0 atom stereocenters. The number of hydrogen-bond acceptors (Lipinski definition) is 3. The van der Waals surface area contributed by atoms with Crippen LogP contribution in [0.25, 0.3) is 0 Å². The van der Waals surface area contributed by atoms with Crippen LogP contribution in [-0.4, -0.2) is 13.0 Å². The van der Waals surface area contributed by atoms with Crippen molar-refractivity contribution >= 4 is 7.60 Å². The largest absolute Gasteiger partial charge is 0.336 e. The molecule has 0 amide bonds. The van der Waals surface area contributed by atoms with E-state index in [0.29, 0.717) is 0 Å². The highest BCUT2D eigenvalue weighted by molar-refractivity contribution is 7.54. The summed E-state index contributed by atoms with van der Waals surface area (Å²) in [4.78, 5) is 0. The summed E-state index contributed by atoms with van der Waals surface area (Å²) in [5.41, 5.74) is 2.62. The average Bonchev–Trinajstić information content (AvgIpc) is 2.67. The molecule has 0 aliphatic carbocycles. The first-order chi connectivity index (χ1) is 12.2. The quantitative estimate of drug-likeness (QED) is 0.467. The van der Waals surface area contributed by atoms with Crippen molar-refractivity contribution in [2.24, 2.45) is 0 Å². The summed E-state index contributed by atoms with van der Waals surface area (Å²) in [6.45, 7) is 0.103. The first kappa shape index (κ1) is 16.3. The molecule has 126 valence electrons. The van der Waals surface area contributed by atoms with Crippen molar-refractivity contribution in [2.75, 3.05) is 13.0 Å². The van der Waals surface area contributed by atoms with Crippen molar-refractivity contribution in [2.45, 2.75) is 5.41 Å². The molecule has 1 fully saturated rings. The van der Waals surface area contributed by atoms with E-state index in [4.69, 9.17) is 9.05 Å². The minimum Gasteiger partial charge on any atom is -0.280 e. The molecule has 1 saturated heterocycles. The third kappa shape index (κ3) is 2.96. The molecule has 3 nitrogen and oxygen atoms in total. The molecule has 25 heavy (non-hydrogen) atoms. The van der Waals surface area contributed by atoms with Crippen molar-refractivity contribution in [1.29, 1.82) is 0 Å². The van der Waals surface area contributed by atoms with Gasteiger partial charge in [0.25, 0.3) is 0 Å². The maximum Gasteiger partial charge on any atom is 0.336 e. The topological polar surface area (TPSA) is 35.5 Å². The lowest BCUT2D eigenvalue weighted by Crippen LogP contribution is -2.36. The van der Waals surface area contributed by atoms with Gasteiger partial charge >= 0.3 is 7.60 Å². The van der Waals surface area contributed by atoms with Crippen molar-refractivity contribution in [3.05, 3.63) is 108 Å². The van der Waals surface area contributed by atoms with Crippen LogP contribution in [0.3, 0.4) is 0 Å². The van der Waals surface area contributed by atoms with Gasteiger partial charge in [0.05, 0.1) is 11.6 Å². The van der Waals surface area contributed by atoms with E-state index in [9.17, 15) is 4.57 Å². The molecule has 0 spiro atoms. The highest BCUT2D eigenvalue weighted by atomic mass is 31.2. The molecule has 0 aromatic heterocycles. The van der Waals surface area contributed by atoms with Gasteiger partial charge in [-0.3, -0.25) is 13.6 Å². The fraction of sp³-hybridized carbons (Fsp3) is 0.143. The van der Waals surface area contributed by atoms with Gasteiger partial charge in [0.15, 0.2) is 6.79 Å². The molecule has 4 heteroatoms. The van der Waals surface area contributed by atoms with Crippen LogP contribution in [0.5, 0.6) is 0 Å². The molecular formula is C21H19O3P. The van der Waals surface area contributed by atoms with Crippen molar-refractivity contribution in [3.63, 3.8) is 0 Å². The average molecular weight is 350 g/mol. The molecule has 0 saturated carbocycles. The Morgan fingerprint density at radius 1 is 0.680 bits per heavy atom. The van der Waals surface area contributed by atoms with E-state index in [-0.39, 0.29) is 13.0 Å². The normalized spacial score (nSPS) is 16.2. The van der Waals surface area contributed by atoms with Gasteiger partial charge in [-0.1, -0.05) is 91.0 Å². The third-order valence-corrected chi connectivity index (χ3v) is 6.59. The molecule has 4 rings (SSSR count). The second-order valence-electron chi connectivity index (χ2n) is 6.15. The summed E-state index contributed by atoms with van der Waals surface area (Å²) in [6.07, 6.45) is 0.276. The van der Waals surface area contributed by atoms with Gasteiger partial charge < -0.3 is 0 Å². The summed E-state index contributed by atoms with van der Waals surface area (Å²) in [5, 5.41) is 0. The number of rotatable bonds is 5. The Morgan fingerprint density at radius 2 is 1.04 bits per heavy atom. The Kier molecular flexibility index (Phi) is 4.30. The van der Waals surface area contributed by atoms with Crippen molar-refractivity contribution < 1.29 is 13.6 Å². The molecule has 1 aliphatic rings. The summed E-state index contributed by atoms with van der Waals surface area (Å²) in [5.74, 6) is 0. The minimum atomic E-state index is -3.11.